The average molecular weight is 161 g/mol. The summed E-state index contributed by atoms with van der Waals surface area (Å²) in [5.74, 6) is 1.01. The first-order valence-corrected chi connectivity index (χ1v) is 3.97. The van der Waals surface area contributed by atoms with Crippen LogP contribution in [0.2, 0.25) is 0 Å². The Hall–Kier alpha value is -0.201. The monoisotopic (exact) mass is 162 g/mol. The first kappa shape index (κ1) is 4.95. The number of hydrogen-bond donors (Lipinski definition) is 0. The van der Waals surface area contributed by atoms with E-state index in [1.54, 1.807) is 7.11 Å². The molecule has 0 fully saturated rings. The Morgan fingerprint density at radius 1 is 1.71 bits per heavy atom. The number of rotatable bonds is 1. The summed E-state index contributed by atoms with van der Waals surface area (Å²) in [6.07, 6.45) is 0. The van der Waals surface area contributed by atoms with Crippen molar-refractivity contribution in [1.29, 1.82) is 0 Å². The van der Waals surface area contributed by atoms with Crippen molar-refractivity contribution in [3.8, 4) is 5.75 Å². The van der Waals surface area contributed by atoms with Crippen molar-refractivity contribution >= 4 is 14.5 Å². The van der Waals surface area contributed by atoms with Crippen molar-refractivity contribution in [2.75, 3.05) is 7.11 Å². The molecule has 0 aromatic carbocycles. The van der Waals surface area contributed by atoms with Gasteiger partial charge < -0.3 is 0 Å². The molecule has 1 rings (SSSR count). The van der Waals surface area contributed by atoms with Gasteiger partial charge in [0.05, 0.1) is 0 Å². The van der Waals surface area contributed by atoms with E-state index in [2.05, 4.69) is 9.88 Å². The number of ether oxygens (including phenoxy) is 1. The zero-order valence-corrected chi connectivity index (χ0v) is 5.76. The summed E-state index contributed by atoms with van der Waals surface area (Å²) in [6, 6.07) is 2.00. The standard InChI is InChI=1S/C5H6OSe/c1-6-5-2-3-7-4-5/h2-4H,1H3. The first-order valence-electron chi connectivity index (χ1n) is 1.99. The second-order valence-corrected chi connectivity index (χ2v) is 2.80. The molecule has 0 saturated carbocycles. The third-order valence-corrected chi connectivity index (χ3v) is 2.12. The van der Waals surface area contributed by atoms with Gasteiger partial charge in [-0.05, 0) is 0 Å². The van der Waals surface area contributed by atoms with Crippen LogP contribution >= 0.6 is 0 Å². The zero-order valence-electron chi connectivity index (χ0n) is 4.05. The number of hydrogen-bond acceptors (Lipinski definition) is 1. The summed E-state index contributed by atoms with van der Waals surface area (Å²) in [5, 5.41) is 0. The van der Waals surface area contributed by atoms with E-state index >= 15 is 0 Å². The molecular weight excluding hydrogens is 155 g/mol. The fourth-order valence-electron chi connectivity index (χ4n) is 0.368. The van der Waals surface area contributed by atoms with Crippen LogP contribution < -0.4 is 4.74 Å². The molecule has 1 heterocycles. The Bertz CT molecular complexity index is 123. The summed E-state index contributed by atoms with van der Waals surface area (Å²) in [5.41, 5.74) is 0. The summed E-state index contributed by atoms with van der Waals surface area (Å²) in [7, 11) is 1.69. The molecule has 0 amide bonds. The van der Waals surface area contributed by atoms with Crippen molar-refractivity contribution in [2.24, 2.45) is 0 Å². The van der Waals surface area contributed by atoms with Crippen LogP contribution in [0.3, 0.4) is 0 Å². The maximum absolute atomic E-state index is 4.90. The molecule has 38 valence electrons. The fraction of sp³-hybridized carbons (Fsp3) is 0.200. The second kappa shape index (κ2) is 2.20. The molecule has 0 N–H and O–H groups in total. The molecule has 2 heteroatoms. The molecule has 0 aliphatic heterocycles. The molecule has 0 bridgehead atoms. The van der Waals surface area contributed by atoms with Gasteiger partial charge in [0.2, 0.25) is 0 Å². The van der Waals surface area contributed by atoms with Gasteiger partial charge in [0, 0.05) is 0 Å². The summed E-state index contributed by atoms with van der Waals surface area (Å²) in [4.78, 5) is 4.23. The minimum absolute atomic E-state index is 0.575. The molecule has 0 atom stereocenters. The van der Waals surface area contributed by atoms with Crippen molar-refractivity contribution in [1.82, 2.24) is 0 Å². The molecule has 0 spiro atoms. The van der Waals surface area contributed by atoms with E-state index in [0.717, 1.165) is 5.75 Å². The molecule has 0 saturated heterocycles. The predicted molar refractivity (Wildman–Crippen MR) is 29.9 cm³/mol. The van der Waals surface area contributed by atoms with Gasteiger partial charge in [0.15, 0.2) is 0 Å². The quantitative estimate of drug-likeness (QED) is 0.552. The van der Waals surface area contributed by atoms with E-state index in [1.807, 2.05) is 6.07 Å². The molecule has 1 aromatic rings. The van der Waals surface area contributed by atoms with E-state index in [4.69, 9.17) is 4.74 Å². The zero-order chi connectivity index (χ0) is 5.11. The Kier molecular flexibility index (Phi) is 1.55. The molecule has 1 nitrogen and oxygen atoms in total. The van der Waals surface area contributed by atoms with E-state index in [-0.39, 0.29) is 0 Å². The Morgan fingerprint density at radius 3 is 2.86 bits per heavy atom. The van der Waals surface area contributed by atoms with Gasteiger partial charge in [-0.15, -0.1) is 0 Å². The molecule has 0 aliphatic carbocycles. The Balaban J connectivity index is 2.76. The normalized spacial score (nSPS) is 8.71. The van der Waals surface area contributed by atoms with E-state index in [0.29, 0.717) is 14.5 Å². The molecule has 0 unspecified atom stereocenters. The van der Waals surface area contributed by atoms with E-state index in [9.17, 15) is 0 Å². The van der Waals surface area contributed by atoms with Crippen LogP contribution in [0.15, 0.2) is 15.9 Å². The average Bonchev–Trinajstić information content (AvgIpc) is 2.14. The molecule has 0 aliphatic rings. The third kappa shape index (κ3) is 1.08. The van der Waals surface area contributed by atoms with E-state index < -0.39 is 0 Å². The number of methoxy groups -OCH3 is 1. The second-order valence-electron chi connectivity index (χ2n) is 1.16. The minimum atomic E-state index is 0.575. The van der Waals surface area contributed by atoms with Crippen molar-refractivity contribution in [3.05, 3.63) is 15.9 Å². The van der Waals surface area contributed by atoms with Crippen LogP contribution in [0.25, 0.3) is 0 Å². The Labute approximate surface area is 48.7 Å². The van der Waals surface area contributed by atoms with Crippen LogP contribution in [0.5, 0.6) is 5.75 Å². The van der Waals surface area contributed by atoms with Crippen LogP contribution in [-0.2, 0) is 0 Å². The first-order chi connectivity index (χ1) is 3.43. The van der Waals surface area contributed by atoms with Crippen molar-refractivity contribution < 1.29 is 4.74 Å². The summed E-state index contributed by atoms with van der Waals surface area (Å²) in [6.45, 7) is 0. The van der Waals surface area contributed by atoms with Gasteiger partial charge in [-0.25, -0.2) is 0 Å². The molecule has 7 heavy (non-hydrogen) atoms. The van der Waals surface area contributed by atoms with Gasteiger partial charge in [-0.3, -0.25) is 0 Å². The fourth-order valence-corrected chi connectivity index (χ4v) is 1.63. The predicted octanol–water partition coefficient (Wildman–Crippen LogP) is 0.752. The van der Waals surface area contributed by atoms with Gasteiger partial charge in [0.25, 0.3) is 0 Å². The summed E-state index contributed by atoms with van der Waals surface area (Å²) < 4.78 is 4.90. The van der Waals surface area contributed by atoms with Crippen LogP contribution in [-0.4, -0.2) is 21.6 Å². The van der Waals surface area contributed by atoms with Crippen LogP contribution in [0.1, 0.15) is 0 Å². The Morgan fingerprint density at radius 2 is 2.57 bits per heavy atom. The summed E-state index contributed by atoms with van der Waals surface area (Å²) >= 11 is 0.575. The molecule has 1 aromatic heterocycles. The topological polar surface area (TPSA) is 9.23 Å². The van der Waals surface area contributed by atoms with Crippen LogP contribution in [0, 0.1) is 0 Å². The van der Waals surface area contributed by atoms with Crippen molar-refractivity contribution in [3.63, 3.8) is 0 Å². The third-order valence-electron chi connectivity index (χ3n) is 0.731. The van der Waals surface area contributed by atoms with Gasteiger partial charge in [-0.1, -0.05) is 0 Å². The van der Waals surface area contributed by atoms with E-state index in [1.165, 1.54) is 0 Å². The van der Waals surface area contributed by atoms with Crippen LogP contribution in [0.4, 0.5) is 0 Å². The molecular formula is C5H6OSe. The maximum atomic E-state index is 4.90. The van der Waals surface area contributed by atoms with Gasteiger partial charge >= 0.3 is 48.0 Å². The van der Waals surface area contributed by atoms with Crippen molar-refractivity contribution in [2.45, 2.75) is 0 Å². The van der Waals surface area contributed by atoms with Gasteiger partial charge in [-0.2, -0.15) is 0 Å². The SMILES string of the molecule is COc1cc[se]c1. The van der Waals surface area contributed by atoms with Gasteiger partial charge in [0.1, 0.15) is 0 Å². The molecule has 0 radical (unpaired) electrons.